The number of hydrogen-bond acceptors (Lipinski definition) is 2. The molecule has 1 N–H and O–H groups in total. The quantitative estimate of drug-likeness (QED) is 0.782. The molecule has 0 atom stereocenters. The lowest BCUT2D eigenvalue weighted by molar-refractivity contribution is 0.292. The highest BCUT2D eigenvalue weighted by Crippen LogP contribution is 2.29. The highest BCUT2D eigenvalue weighted by atomic mass is 16.3. The first-order valence-electron chi connectivity index (χ1n) is 7.58. The predicted molar refractivity (Wildman–Crippen MR) is 79.3 cm³/mol. The zero-order valence-electron chi connectivity index (χ0n) is 11.7. The summed E-state index contributed by atoms with van der Waals surface area (Å²) in [5, 5.41) is 4.87. The van der Waals surface area contributed by atoms with Crippen molar-refractivity contribution >= 4 is 11.0 Å². The van der Waals surface area contributed by atoms with Crippen LogP contribution >= 0.6 is 0 Å². The summed E-state index contributed by atoms with van der Waals surface area (Å²) < 4.78 is 5.92. The Morgan fingerprint density at radius 1 is 1.26 bits per heavy atom. The number of aryl methyl sites for hydroxylation is 1. The summed E-state index contributed by atoms with van der Waals surface area (Å²) in [5.74, 6) is 2.12. The molecular formula is C17H23NO. The fourth-order valence-electron chi connectivity index (χ4n) is 2.93. The zero-order valence-corrected chi connectivity index (χ0v) is 11.7. The molecule has 0 bridgehead atoms. The fourth-order valence-corrected chi connectivity index (χ4v) is 2.93. The van der Waals surface area contributed by atoms with Crippen molar-refractivity contribution in [2.75, 3.05) is 6.54 Å². The summed E-state index contributed by atoms with van der Waals surface area (Å²) in [4.78, 5) is 0. The van der Waals surface area contributed by atoms with E-state index in [2.05, 4.69) is 30.4 Å². The van der Waals surface area contributed by atoms with Gasteiger partial charge in [0.1, 0.15) is 11.3 Å². The average Bonchev–Trinajstić information content (AvgIpc) is 2.74. The largest absolute Gasteiger partial charge is 0.461 e. The molecule has 2 aromatic rings. The molecule has 0 amide bonds. The number of fused-ring (bicyclic) bond motifs is 1. The molecule has 1 aromatic carbocycles. The van der Waals surface area contributed by atoms with E-state index < -0.39 is 0 Å². The van der Waals surface area contributed by atoms with Crippen molar-refractivity contribution in [3.63, 3.8) is 0 Å². The smallest absolute Gasteiger partial charge is 0.134 e. The van der Waals surface area contributed by atoms with E-state index in [-0.39, 0.29) is 0 Å². The summed E-state index contributed by atoms with van der Waals surface area (Å²) >= 11 is 0. The van der Waals surface area contributed by atoms with Crippen molar-refractivity contribution in [1.29, 1.82) is 0 Å². The van der Waals surface area contributed by atoms with Gasteiger partial charge in [0, 0.05) is 23.9 Å². The van der Waals surface area contributed by atoms with Crippen molar-refractivity contribution in [1.82, 2.24) is 5.32 Å². The third kappa shape index (κ3) is 2.69. The monoisotopic (exact) mass is 257 g/mol. The minimum atomic E-state index is 0.937. The van der Waals surface area contributed by atoms with Crippen molar-refractivity contribution in [2.24, 2.45) is 5.92 Å². The molecule has 1 saturated carbocycles. The minimum Gasteiger partial charge on any atom is -0.461 e. The molecule has 0 saturated heterocycles. The second-order valence-electron chi connectivity index (χ2n) is 5.62. The summed E-state index contributed by atoms with van der Waals surface area (Å²) in [6, 6.07) is 8.36. The predicted octanol–water partition coefficient (Wildman–Crippen LogP) is 4.28. The molecule has 1 aliphatic carbocycles. The highest BCUT2D eigenvalue weighted by Gasteiger charge is 2.17. The summed E-state index contributed by atoms with van der Waals surface area (Å²) in [6.07, 6.45) is 6.62. The number of rotatable bonds is 6. The van der Waals surface area contributed by atoms with E-state index in [1.165, 1.54) is 36.6 Å². The van der Waals surface area contributed by atoms with Gasteiger partial charge in [-0.2, -0.15) is 0 Å². The van der Waals surface area contributed by atoms with Crippen molar-refractivity contribution in [3.8, 4) is 0 Å². The van der Waals surface area contributed by atoms with Gasteiger partial charge in [-0.25, -0.2) is 0 Å². The lowest BCUT2D eigenvalue weighted by Crippen LogP contribution is -2.21. The Morgan fingerprint density at radius 3 is 2.84 bits per heavy atom. The Bertz CT molecular complexity index is 539. The van der Waals surface area contributed by atoms with Gasteiger partial charge in [-0.3, -0.25) is 0 Å². The van der Waals surface area contributed by atoms with Gasteiger partial charge in [-0.1, -0.05) is 44.4 Å². The normalized spacial score (nSPS) is 15.8. The van der Waals surface area contributed by atoms with Crippen LogP contribution in [0.1, 0.15) is 43.9 Å². The van der Waals surface area contributed by atoms with Crippen LogP contribution in [0.5, 0.6) is 0 Å². The van der Waals surface area contributed by atoms with Crippen molar-refractivity contribution < 1.29 is 4.42 Å². The van der Waals surface area contributed by atoms with Crippen LogP contribution in [0.15, 0.2) is 28.7 Å². The Labute approximate surface area is 115 Å². The van der Waals surface area contributed by atoms with Crippen LogP contribution in [0, 0.1) is 5.92 Å². The summed E-state index contributed by atoms with van der Waals surface area (Å²) in [6.45, 7) is 4.23. The van der Waals surface area contributed by atoms with Crippen LogP contribution in [0.3, 0.4) is 0 Å². The first-order chi connectivity index (χ1) is 9.38. The first-order valence-corrected chi connectivity index (χ1v) is 7.58. The van der Waals surface area contributed by atoms with E-state index in [1.54, 1.807) is 0 Å². The molecule has 0 radical (unpaired) electrons. The van der Waals surface area contributed by atoms with Crippen LogP contribution in [0.25, 0.3) is 11.0 Å². The molecule has 102 valence electrons. The minimum absolute atomic E-state index is 0.937. The number of furan rings is 1. The van der Waals surface area contributed by atoms with Gasteiger partial charge in [-0.15, -0.1) is 0 Å². The molecular weight excluding hydrogens is 234 g/mol. The van der Waals surface area contributed by atoms with Gasteiger partial charge < -0.3 is 9.73 Å². The Morgan fingerprint density at radius 2 is 2.11 bits per heavy atom. The van der Waals surface area contributed by atoms with Gasteiger partial charge in [0.05, 0.1) is 0 Å². The average molecular weight is 257 g/mol. The number of para-hydroxylation sites is 1. The second-order valence-corrected chi connectivity index (χ2v) is 5.62. The molecule has 19 heavy (non-hydrogen) atoms. The van der Waals surface area contributed by atoms with Crippen molar-refractivity contribution in [2.45, 2.75) is 45.6 Å². The Hall–Kier alpha value is -1.28. The summed E-state index contributed by atoms with van der Waals surface area (Å²) in [7, 11) is 0. The van der Waals surface area contributed by atoms with Gasteiger partial charge in [0.2, 0.25) is 0 Å². The van der Waals surface area contributed by atoms with E-state index in [9.17, 15) is 0 Å². The topological polar surface area (TPSA) is 25.2 Å². The maximum Gasteiger partial charge on any atom is 0.134 e. The third-order valence-electron chi connectivity index (χ3n) is 4.36. The standard InChI is InChI=1S/C17H23NO/c1-2-16-15(12-18-11-10-13-6-5-7-13)14-8-3-4-9-17(14)19-16/h3-4,8-9,13,18H,2,5-7,10-12H2,1H3. The van der Waals surface area contributed by atoms with Crippen LogP contribution in [0.2, 0.25) is 0 Å². The van der Waals surface area contributed by atoms with Gasteiger partial charge >= 0.3 is 0 Å². The highest BCUT2D eigenvalue weighted by molar-refractivity contribution is 5.82. The molecule has 2 heteroatoms. The molecule has 0 unspecified atom stereocenters. The van der Waals surface area contributed by atoms with Gasteiger partial charge in [-0.05, 0) is 24.9 Å². The molecule has 0 spiro atoms. The van der Waals surface area contributed by atoms with Crippen molar-refractivity contribution in [3.05, 3.63) is 35.6 Å². The van der Waals surface area contributed by atoms with Crippen LogP contribution in [-0.4, -0.2) is 6.54 Å². The molecule has 2 nitrogen and oxygen atoms in total. The molecule has 1 heterocycles. The first kappa shape index (κ1) is 12.7. The van der Waals surface area contributed by atoms with E-state index in [4.69, 9.17) is 4.42 Å². The molecule has 1 fully saturated rings. The number of nitrogens with one attached hydrogen (secondary N) is 1. The number of benzene rings is 1. The second kappa shape index (κ2) is 5.79. The van der Waals surface area contributed by atoms with E-state index in [1.807, 2.05) is 6.07 Å². The lowest BCUT2D eigenvalue weighted by Gasteiger charge is -2.25. The van der Waals surface area contributed by atoms with Crippen LogP contribution < -0.4 is 5.32 Å². The van der Waals surface area contributed by atoms with Crippen LogP contribution in [-0.2, 0) is 13.0 Å². The lowest BCUT2D eigenvalue weighted by atomic mass is 9.83. The zero-order chi connectivity index (χ0) is 13.1. The molecule has 1 aliphatic rings. The SMILES string of the molecule is CCc1oc2ccccc2c1CNCCC1CCC1. The number of hydrogen-bond donors (Lipinski definition) is 1. The fraction of sp³-hybridized carbons (Fsp3) is 0.529. The molecule has 3 rings (SSSR count). The van der Waals surface area contributed by atoms with E-state index in [0.717, 1.165) is 36.8 Å². The van der Waals surface area contributed by atoms with E-state index in [0.29, 0.717) is 0 Å². The summed E-state index contributed by atoms with van der Waals surface area (Å²) in [5.41, 5.74) is 2.38. The van der Waals surface area contributed by atoms with E-state index >= 15 is 0 Å². The van der Waals surface area contributed by atoms with Gasteiger partial charge in [0.15, 0.2) is 0 Å². The molecule has 0 aliphatic heterocycles. The van der Waals surface area contributed by atoms with Gasteiger partial charge in [0.25, 0.3) is 0 Å². The Balaban J connectivity index is 1.65. The maximum absolute atomic E-state index is 5.92. The maximum atomic E-state index is 5.92. The van der Waals surface area contributed by atoms with Crippen LogP contribution in [0.4, 0.5) is 0 Å². The molecule has 1 aromatic heterocycles. The third-order valence-corrected chi connectivity index (χ3v) is 4.36. The Kier molecular flexibility index (Phi) is 3.88.